The quantitative estimate of drug-likeness (QED) is 0.805. The molecule has 0 radical (unpaired) electrons. The van der Waals surface area contributed by atoms with Crippen LogP contribution in [0.5, 0.6) is 0 Å². The van der Waals surface area contributed by atoms with Crippen molar-refractivity contribution in [2.75, 3.05) is 5.32 Å². The van der Waals surface area contributed by atoms with Crippen LogP contribution in [0.4, 0.5) is 10.2 Å². The average molecular weight is 413 g/mol. The minimum atomic E-state index is -0.433. The summed E-state index contributed by atoms with van der Waals surface area (Å²) in [5, 5.41) is 10.2. The molecule has 1 aliphatic heterocycles. The number of carbonyl (C=O) groups is 2. The summed E-state index contributed by atoms with van der Waals surface area (Å²) >= 11 is 0. The number of fused-ring (bicyclic) bond motifs is 1. The number of pyridine rings is 1. The lowest BCUT2D eigenvalue weighted by Crippen LogP contribution is -2.40. The van der Waals surface area contributed by atoms with Crippen molar-refractivity contribution in [3.63, 3.8) is 0 Å². The number of amides is 2. The Morgan fingerprint density at radius 3 is 2.80 bits per heavy atom. The molecule has 3 heterocycles. The smallest absolute Gasteiger partial charge is 0.228 e. The van der Waals surface area contributed by atoms with E-state index in [0.717, 1.165) is 49.7 Å². The number of rotatable bonds is 4. The number of carbonyl (C=O) groups excluding carboxylic acids is 2. The number of halogens is 1. The molecule has 0 aromatic carbocycles. The fraction of sp³-hybridized carbons (Fsp3) is 0.545. The van der Waals surface area contributed by atoms with E-state index in [-0.39, 0.29) is 29.2 Å². The number of nitrogens with zero attached hydrogens (tertiary/aromatic N) is 3. The van der Waals surface area contributed by atoms with Crippen molar-refractivity contribution < 1.29 is 14.0 Å². The average Bonchev–Trinajstić information content (AvgIpc) is 3.18. The van der Waals surface area contributed by atoms with Gasteiger partial charge in [-0.3, -0.25) is 14.3 Å². The number of nitrogens with one attached hydrogen (secondary N) is 2. The van der Waals surface area contributed by atoms with Gasteiger partial charge in [-0.05, 0) is 37.2 Å². The Morgan fingerprint density at radius 1 is 1.23 bits per heavy atom. The zero-order valence-corrected chi connectivity index (χ0v) is 17.7. The topological polar surface area (TPSA) is 88.9 Å². The first-order chi connectivity index (χ1) is 14.2. The van der Waals surface area contributed by atoms with Crippen molar-refractivity contribution in [3.8, 4) is 11.1 Å². The first-order valence-corrected chi connectivity index (χ1v) is 10.5. The van der Waals surface area contributed by atoms with Crippen molar-refractivity contribution in [2.45, 2.75) is 65.5 Å². The van der Waals surface area contributed by atoms with Gasteiger partial charge in [-0.25, -0.2) is 9.37 Å². The van der Waals surface area contributed by atoms with Crippen LogP contribution in [-0.2, 0) is 22.6 Å². The van der Waals surface area contributed by atoms with Crippen LogP contribution >= 0.6 is 0 Å². The second-order valence-electron chi connectivity index (χ2n) is 9.30. The lowest BCUT2D eigenvalue weighted by atomic mass is 9.85. The Hall–Kier alpha value is -2.77. The van der Waals surface area contributed by atoms with E-state index in [4.69, 9.17) is 0 Å². The van der Waals surface area contributed by atoms with E-state index < -0.39 is 5.82 Å². The summed E-state index contributed by atoms with van der Waals surface area (Å²) in [6.07, 6.45) is 6.78. The fourth-order valence-electron chi connectivity index (χ4n) is 4.66. The molecule has 1 fully saturated rings. The van der Waals surface area contributed by atoms with Crippen molar-refractivity contribution >= 4 is 17.6 Å². The van der Waals surface area contributed by atoms with Crippen molar-refractivity contribution in [2.24, 2.45) is 11.3 Å². The Kier molecular flexibility index (Phi) is 5.34. The highest BCUT2D eigenvalue weighted by Gasteiger charge is 2.32. The van der Waals surface area contributed by atoms with E-state index in [1.165, 1.54) is 6.92 Å². The van der Waals surface area contributed by atoms with Crippen LogP contribution in [0.15, 0.2) is 18.5 Å². The Labute approximate surface area is 175 Å². The van der Waals surface area contributed by atoms with Gasteiger partial charge in [-0.15, -0.1) is 0 Å². The Balaban J connectivity index is 1.51. The highest BCUT2D eigenvalue weighted by Crippen LogP contribution is 2.38. The molecule has 0 saturated heterocycles. The third-order valence-electron chi connectivity index (χ3n) is 6.02. The zero-order chi connectivity index (χ0) is 21.5. The van der Waals surface area contributed by atoms with E-state index >= 15 is 0 Å². The lowest BCUT2D eigenvalue weighted by molar-refractivity contribution is -0.123. The maximum Gasteiger partial charge on any atom is 0.228 e. The molecule has 0 unspecified atom stereocenters. The summed E-state index contributed by atoms with van der Waals surface area (Å²) in [5.74, 6) is -0.529. The summed E-state index contributed by atoms with van der Waals surface area (Å²) in [6.45, 7) is 6.62. The second kappa shape index (κ2) is 7.81. The largest absolute Gasteiger partial charge is 0.354 e. The van der Waals surface area contributed by atoms with E-state index in [9.17, 15) is 14.0 Å². The number of anilines is 1. The molecule has 2 aliphatic rings. The highest BCUT2D eigenvalue weighted by atomic mass is 19.1. The molecule has 7 nitrogen and oxygen atoms in total. The number of hydrogen-bond donors (Lipinski definition) is 2. The maximum atomic E-state index is 14.6. The van der Waals surface area contributed by atoms with Crippen LogP contribution in [-0.4, -0.2) is 32.6 Å². The van der Waals surface area contributed by atoms with Crippen molar-refractivity contribution in [3.05, 3.63) is 30.0 Å². The number of hydrogen-bond acceptors (Lipinski definition) is 4. The summed E-state index contributed by atoms with van der Waals surface area (Å²) < 4.78 is 16.5. The highest BCUT2D eigenvalue weighted by molar-refractivity contribution is 5.92. The molecule has 2 aromatic rings. The molecule has 1 aliphatic carbocycles. The summed E-state index contributed by atoms with van der Waals surface area (Å²) in [4.78, 5) is 28.2. The molecule has 160 valence electrons. The van der Waals surface area contributed by atoms with Gasteiger partial charge in [0.1, 0.15) is 11.6 Å². The first-order valence-electron chi connectivity index (χ1n) is 10.5. The zero-order valence-electron chi connectivity index (χ0n) is 17.7. The maximum absolute atomic E-state index is 14.6. The third kappa shape index (κ3) is 4.22. The molecule has 2 N–H and O–H groups in total. The molecule has 1 saturated carbocycles. The Bertz CT molecular complexity index is 984. The van der Waals surface area contributed by atoms with Gasteiger partial charge in [0.05, 0.1) is 12.4 Å². The van der Waals surface area contributed by atoms with Gasteiger partial charge in [-0.1, -0.05) is 20.3 Å². The molecule has 2 amide bonds. The predicted molar refractivity (Wildman–Crippen MR) is 111 cm³/mol. The van der Waals surface area contributed by atoms with Crippen LogP contribution in [0.1, 0.15) is 52.1 Å². The summed E-state index contributed by atoms with van der Waals surface area (Å²) in [6, 6.07) is 1.60. The van der Waals surface area contributed by atoms with Crippen molar-refractivity contribution in [1.29, 1.82) is 0 Å². The molecular weight excluding hydrogens is 385 g/mol. The minimum Gasteiger partial charge on any atom is -0.354 e. The van der Waals surface area contributed by atoms with E-state index in [1.807, 2.05) is 4.68 Å². The monoisotopic (exact) mass is 413 g/mol. The van der Waals surface area contributed by atoms with Crippen molar-refractivity contribution in [1.82, 2.24) is 20.1 Å². The normalized spacial score (nSPS) is 22.4. The third-order valence-corrected chi connectivity index (χ3v) is 6.02. The molecule has 2 atom stereocenters. The predicted octanol–water partition coefficient (Wildman–Crippen LogP) is 3.30. The van der Waals surface area contributed by atoms with Gasteiger partial charge in [0, 0.05) is 42.2 Å². The van der Waals surface area contributed by atoms with Gasteiger partial charge >= 0.3 is 0 Å². The van der Waals surface area contributed by atoms with E-state index in [1.54, 1.807) is 12.3 Å². The molecule has 30 heavy (non-hydrogen) atoms. The minimum absolute atomic E-state index is 0.0158. The van der Waals surface area contributed by atoms with Crippen LogP contribution in [0.2, 0.25) is 0 Å². The first kappa shape index (κ1) is 20.5. The SMILES string of the molecule is CC(=O)N[C@H]1CCC[C@H](C(=O)Nc2cc(-c3cnn4c3CC(C)(C)C4)c(F)cn2)C1. The van der Waals surface area contributed by atoms with Crippen LogP contribution in [0.25, 0.3) is 11.1 Å². The fourth-order valence-corrected chi connectivity index (χ4v) is 4.66. The molecule has 8 heteroatoms. The van der Waals surface area contributed by atoms with Crippen LogP contribution < -0.4 is 10.6 Å². The van der Waals surface area contributed by atoms with Gasteiger partial charge in [0.15, 0.2) is 0 Å². The molecule has 0 bridgehead atoms. The molecule has 0 spiro atoms. The molecule has 2 aromatic heterocycles. The molecular formula is C22H28FN5O2. The summed E-state index contributed by atoms with van der Waals surface area (Å²) in [7, 11) is 0. The van der Waals surface area contributed by atoms with E-state index in [0.29, 0.717) is 17.8 Å². The van der Waals surface area contributed by atoms with Crippen LogP contribution in [0, 0.1) is 17.2 Å². The van der Waals surface area contributed by atoms with Gasteiger partial charge in [0.2, 0.25) is 11.8 Å². The van der Waals surface area contributed by atoms with Crippen LogP contribution in [0.3, 0.4) is 0 Å². The van der Waals surface area contributed by atoms with E-state index in [2.05, 4.69) is 34.6 Å². The lowest BCUT2D eigenvalue weighted by Gasteiger charge is -2.28. The molecule has 4 rings (SSSR count). The standard InChI is InChI=1S/C22H28FN5O2/c1-13(29)26-15-6-4-5-14(7-15)21(30)27-20-8-16(18(23)11-24-20)17-10-25-28-12-22(2,3)9-19(17)28/h8,10-11,14-15H,4-7,9,12H2,1-3H3,(H,26,29)(H,24,27,30)/t14-,15-/m0/s1. The van der Waals surface area contributed by atoms with Gasteiger partial charge < -0.3 is 10.6 Å². The second-order valence-corrected chi connectivity index (χ2v) is 9.30. The van der Waals surface area contributed by atoms with Gasteiger partial charge in [-0.2, -0.15) is 5.10 Å². The Morgan fingerprint density at radius 2 is 2.03 bits per heavy atom. The number of aromatic nitrogens is 3. The van der Waals surface area contributed by atoms with Gasteiger partial charge in [0.25, 0.3) is 0 Å². The summed E-state index contributed by atoms with van der Waals surface area (Å²) in [5.41, 5.74) is 2.25.